The number of benzene rings is 2. The van der Waals surface area contributed by atoms with Crippen LogP contribution in [0.4, 0.5) is 0 Å². The molecule has 0 aliphatic carbocycles. The Balaban J connectivity index is 2.01. The molecule has 1 aromatic heterocycles. The molecule has 0 aliphatic rings. The molecular formula is C16H18N4O. The molecule has 0 saturated carbocycles. The Labute approximate surface area is 123 Å². The van der Waals surface area contributed by atoms with Crippen molar-refractivity contribution >= 4 is 11.0 Å². The van der Waals surface area contributed by atoms with Gasteiger partial charge in [-0.3, -0.25) is 0 Å². The molecule has 5 heteroatoms. The summed E-state index contributed by atoms with van der Waals surface area (Å²) < 4.78 is 1.76. The first kappa shape index (κ1) is 13.7. The van der Waals surface area contributed by atoms with Crippen LogP contribution in [0, 0.1) is 0 Å². The van der Waals surface area contributed by atoms with Crippen molar-refractivity contribution in [2.45, 2.75) is 6.10 Å². The zero-order chi connectivity index (χ0) is 14.8. The molecule has 0 spiro atoms. The quantitative estimate of drug-likeness (QED) is 0.767. The van der Waals surface area contributed by atoms with Gasteiger partial charge in [-0.15, -0.1) is 5.10 Å². The first-order valence-electron chi connectivity index (χ1n) is 6.91. The number of nitrogens with one attached hydrogen (secondary N) is 1. The van der Waals surface area contributed by atoms with E-state index in [-0.39, 0.29) is 0 Å². The second-order valence-corrected chi connectivity index (χ2v) is 5.12. The van der Waals surface area contributed by atoms with E-state index in [1.165, 1.54) is 0 Å². The molecule has 21 heavy (non-hydrogen) atoms. The van der Waals surface area contributed by atoms with Gasteiger partial charge in [-0.1, -0.05) is 29.5 Å². The fourth-order valence-electron chi connectivity index (χ4n) is 2.45. The van der Waals surface area contributed by atoms with Crippen LogP contribution < -0.4 is 5.32 Å². The van der Waals surface area contributed by atoms with E-state index >= 15 is 0 Å². The highest BCUT2D eigenvalue weighted by molar-refractivity contribution is 5.81. The molecule has 0 bridgehead atoms. The standard InChI is InChI=1S/C16H18N4O/c1-17-10-16(21)13-5-3-4-11(8-13)12-6-7-14-15(9-12)20(2)19-18-14/h3-9,16-17,21H,10H2,1-2H3. The van der Waals surface area contributed by atoms with Crippen LogP contribution in [0.5, 0.6) is 0 Å². The molecule has 0 radical (unpaired) electrons. The van der Waals surface area contributed by atoms with Crippen LogP contribution in [0.3, 0.4) is 0 Å². The molecule has 5 nitrogen and oxygen atoms in total. The Morgan fingerprint density at radius 2 is 2.00 bits per heavy atom. The minimum Gasteiger partial charge on any atom is -0.387 e. The van der Waals surface area contributed by atoms with E-state index < -0.39 is 6.10 Å². The Hall–Kier alpha value is -2.24. The molecule has 3 aromatic rings. The van der Waals surface area contributed by atoms with Gasteiger partial charge in [0, 0.05) is 13.6 Å². The number of aliphatic hydroxyl groups excluding tert-OH is 1. The van der Waals surface area contributed by atoms with Gasteiger partial charge in [-0.05, 0) is 41.9 Å². The fourth-order valence-corrected chi connectivity index (χ4v) is 2.45. The second kappa shape index (κ2) is 5.63. The number of hydrogen-bond acceptors (Lipinski definition) is 4. The van der Waals surface area contributed by atoms with Gasteiger partial charge in [0.15, 0.2) is 0 Å². The van der Waals surface area contributed by atoms with Gasteiger partial charge in [0.1, 0.15) is 5.52 Å². The van der Waals surface area contributed by atoms with E-state index in [0.717, 1.165) is 27.7 Å². The SMILES string of the molecule is CNCC(O)c1cccc(-c2ccc3nnn(C)c3c2)c1. The lowest BCUT2D eigenvalue weighted by Crippen LogP contribution is -2.16. The number of fused-ring (bicyclic) bond motifs is 1. The van der Waals surface area contributed by atoms with Crippen LogP contribution >= 0.6 is 0 Å². The van der Waals surface area contributed by atoms with Crippen molar-refractivity contribution in [2.24, 2.45) is 7.05 Å². The van der Waals surface area contributed by atoms with E-state index in [2.05, 4.69) is 21.7 Å². The molecule has 3 rings (SSSR count). The molecule has 0 saturated heterocycles. The third-order valence-corrected chi connectivity index (χ3v) is 3.61. The van der Waals surface area contributed by atoms with Crippen molar-refractivity contribution < 1.29 is 5.11 Å². The largest absolute Gasteiger partial charge is 0.387 e. The van der Waals surface area contributed by atoms with E-state index in [1.807, 2.05) is 50.5 Å². The highest BCUT2D eigenvalue weighted by Crippen LogP contribution is 2.25. The predicted octanol–water partition coefficient (Wildman–Crippen LogP) is 1.89. The number of aromatic nitrogens is 3. The molecular weight excluding hydrogens is 264 g/mol. The van der Waals surface area contributed by atoms with E-state index in [0.29, 0.717) is 6.54 Å². The minimum absolute atomic E-state index is 0.503. The van der Waals surface area contributed by atoms with Gasteiger partial charge in [0.2, 0.25) is 0 Å². The zero-order valence-corrected chi connectivity index (χ0v) is 12.1. The summed E-state index contributed by atoms with van der Waals surface area (Å²) in [6, 6.07) is 14.0. The summed E-state index contributed by atoms with van der Waals surface area (Å²) in [4.78, 5) is 0. The van der Waals surface area contributed by atoms with Crippen molar-refractivity contribution in [2.75, 3.05) is 13.6 Å². The van der Waals surface area contributed by atoms with Gasteiger partial charge in [0.25, 0.3) is 0 Å². The third-order valence-electron chi connectivity index (χ3n) is 3.61. The zero-order valence-electron chi connectivity index (χ0n) is 12.1. The number of nitrogens with zero attached hydrogens (tertiary/aromatic N) is 3. The summed E-state index contributed by atoms with van der Waals surface area (Å²) in [5, 5.41) is 21.2. The summed E-state index contributed by atoms with van der Waals surface area (Å²) in [6.07, 6.45) is -0.503. The summed E-state index contributed by atoms with van der Waals surface area (Å²) in [5.74, 6) is 0. The summed E-state index contributed by atoms with van der Waals surface area (Å²) in [6.45, 7) is 0.536. The van der Waals surface area contributed by atoms with Gasteiger partial charge in [-0.2, -0.15) is 0 Å². The first-order valence-corrected chi connectivity index (χ1v) is 6.91. The summed E-state index contributed by atoms with van der Waals surface area (Å²) >= 11 is 0. The number of aliphatic hydroxyl groups is 1. The van der Waals surface area contributed by atoms with Gasteiger partial charge < -0.3 is 10.4 Å². The van der Waals surface area contributed by atoms with Crippen LogP contribution in [0.1, 0.15) is 11.7 Å². The molecule has 0 amide bonds. The van der Waals surface area contributed by atoms with Crippen molar-refractivity contribution in [3.05, 3.63) is 48.0 Å². The lowest BCUT2D eigenvalue weighted by Gasteiger charge is -2.12. The third kappa shape index (κ3) is 2.66. The van der Waals surface area contributed by atoms with Crippen molar-refractivity contribution in [3.8, 4) is 11.1 Å². The summed E-state index contributed by atoms with van der Waals surface area (Å²) in [5.41, 5.74) is 4.95. The second-order valence-electron chi connectivity index (χ2n) is 5.12. The van der Waals surface area contributed by atoms with Crippen LogP contribution in [0.2, 0.25) is 0 Å². The number of hydrogen-bond donors (Lipinski definition) is 2. The molecule has 1 unspecified atom stereocenters. The molecule has 2 N–H and O–H groups in total. The normalized spacial score (nSPS) is 12.7. The van der Waals surface area contributed by atoms with Gasteiger partial charge in [0.05, 0.1) is 11.6 Å². The maximum Gasteiger partial charge on any atom is 0.113 e. The number of rotatable bonds is 4. The summed E-state index contributed by atoms with van der Waals surface area (Å²) in [7, 11) is 3.71. The van der Waals surface area contributed by atoms with Crippen LogP contribution in [0.25, 0.3) is 22.2 Å². The number of aryl methyl sites for hydroxylation is 1. The highest BCUT2D eigenvalue weighted by atomic mass is 16.3. The molecule has 0 fully saturated rings. The number of likely N-dealkylation sites (N-methyl/N-ethyl adjacent to an activating group) is 1. The molecule has 108 valence electrons. The Kier molecular flexibility index (Phi) is 3.68. The smallest absolute Gasteiger partial charge is 0.113 e. The Morgan fingerprint density at radius 3 is 2.81 bits per heavy atom. The maximum atomic E-state index is 10.1. The van der Waals surface area contributed by atoms with Gasteiger partial charge >= 0.3 is 0 Å². The first-order chi connectivity index (χ1) is 10.2. The average Bonchev–Trinajstić information content (AvgIpc) is 2.89. The maximum absolute atomic E-state index is 10.1. The van der Waals surface area contributed by atoms with Crippen LogP contribution in [0.15, 0.2) is 42.5 Å². The lowest BCUT2D eigenvalue weighted by atomic mass is 10.00. The highest BCUT2D eigenvalue weighted by Gasteiger charge is 2.09. The van der Waals surface area contributed by atoms with E-state index in [1.54, 1.807) is 4.68 Å². The van der Waals surface area contributed by atoms with E-state index in [9.17, 15) is 5.11 Å². The van der Waals surface area contributed by atoms with Crippen molar-refractivity contribution in [1.82, 2.24) is 20.3 Å². The van der Waals surface area contributed by atoms with Crippen LogP contribution in [-0.2, 0) is 7.05 Å². The van der Waals surface area contributed by atoms with Crippen molar-refractivity contribution in [1.29, 1.82) is 0 Å². The molecule has 1 heterocycles. The van der Waals surface area contributed by atoms with E-state index in [4.69, 9.17) is 0 Å². The predicted molar refractivity (Wildman–Crippen MR) is 82.8 cm³/mol. The Morgan fingerprint density at radius 1 is 1.19 bits per heavy atom. The topological polar surface area (TPSA) is 63.0 Å². The molecule has 1 atom stereocenters. The van der Waals surface area contributed by atoms with Crippen LogP contribution in [-0.4, -0.2) is 33.7 Å². The van der Waals surface area contributed by atoms with Crippen molar-refractivity contribution in [3.63, 3.8) is 0 Å². The molecule has 2 aromatic carbocycles. The van der Waals surface area contributed by atoms with Gasteiger partial charge in [-0.25, -0.2) is 4.68 Å². The fraction of sp³-hybridized carbons (Fsp3) is 0.250. The Bertz CT molecular complexity index is 766. The average molecular weight is 282 g/mol. The lowest BCUT2D eigenvalue weighted by molar-refractivity contribution is 0.178. The minimum atomic E-state index is -0.503. The molecule has 0 aliphatic heterocycles. The monoisotopic (exact) mass is 282 g/mol.